The molecule has 0 N–H and O–H groups in total. The van der Waals surface area contributed by atoms with Gasteiger partial charge in [-0.3, -0.25) is 0 Å². The minimum atomic E-state index is -0.319. The average Bonchev–Trinajstić information content (AvgIpc) is 3.27. The molecule has 1 fully saturated rings. The number of carbonyl (C=O) groups excluding carboxylic acids is 1. The van der Waals surface area contributed by atoms with Crippen molar-refractivity contribution in [1.29, 1.82) is 0 Å². The second-order valence-electron chi connectivity index (χ2n) is 7.32. The van der Waals surface area contributed by atoms with Crippen molar-refractivity contribution < 1.29 is 18.8 Å². The van der Waals surface area contributed by atoms with Crippen LogP contribution in [0.5, 0.6) is 5.75 Å². The molecule has 0 saturated carbocycles. The van der Waals surface area contributed by atoms with Gasteiger partial charge in [-0.1, -0.05) is 35.5 Å². The van der Waals surface area contributed by atoms with E-state index in [1.807, 2.05) is 61.6 Å². The number of nitrogens with zero attached hydrogens (tertiary/aromatic N) is 3. The van der Waals surface area contributed by atoms with E-state index in [2.05, 4.69) is 10.1 Å². The number of ether oxygens (including phenoxy) is 2. The van der Waals surface area contributed by atoms with Crippen molar-refractivity contribution in [3.05, 3.63) is 72.0 Å². The van der Waals surface area contributed by atoms with Crippen LogP contribution in [-0.4, -0.2) is 54.3 Å². The van der Waals surface area contributed by atoms with Crippen molar-refractivity contribution >= 4 is 6.09 Å². The number of likely N-dealkylation sites (N-methyl/N-ethyl adjacent to an activating group) is 1. The lowest BCUT2D eigenvalue weighted by Gasteiger charge is -2.31. The van der Waals surface area contributed by atoms with E-state index in [9.17, 15) is 4.79 Å². The van der Waals surface area contributed by atoms with E-state index in [-0.39, 0.29) is 12.7 Å². The van der Waals surface area contributed by atoms with Gasteiger partial charge >= 0.3 is 6.09 Å². The van der Waals surface area contributed by atoms with Gasteiger partial charge in [0.1, 0.15) is 18.1 Å². The van der Waals surface area contributed by atoms with Crippen LogP contribution in [0.2, 0.25) is 0 Å². The summed E-state index contributed by atoms with van der Waals surface area (Å²) in [5, 5.41) is 4.08. The zero-order chi connectivity index (χ0) is 20.8. The van der Waals surface area contributed by atoms with Crippen LogP contribution in [0.15, 0.2) is 65.2 Å². The minimum Gasteiger partial charge on any atom is -0.489 e. The Bertz CT molecular complexity index is 948. The molecule has 7 nitrogen and oxygen atoms in total. The second kappa shape index (κ2) is 9.45. The molecular weight excluding hydrogens is 382 g/mol. The van der Waals surface area contributed by atoms with Gasteiger partial charge in [0.2, 0.25) is 0 Å². The Kier molecular flexibility index (Phi) is 6.29. The molecule has 1 aliphatic heterocycles. The van der Waals surface area contributed by atoms with E-state index in [0.29, 0.717) is 31.2 Å². The van der Waals surface area contributed by atoms with E-state index in [4.69, 9.17) is 14.0 Å². The predicted octanol–water partition coefficient (Wildman–Crippen LogP) is 3.80. The first-order chi connectivity index (χ1) is 14.7. The Morgan fingerprint density at radius 3 is 2.47 bits per heavy atom. The summed E-state index contributed by atoms with van der Waals surface area (Å²) in [5.74, 6) is 1.30. The van der Waals surface area contributed by atoms with Crippen LogP contribution < -0.4 is 4.74 Å². The van der Waals surface area contributed by atoms with E-state index >= 15 is 0 Å². The Morgan fingerprint density at radius 2 is 1.73 bits per heavy atom. The van der Waals surface area contributed by atoms with Crippen molar-refractivity contribution in [3.8, 4) is 17.0 Å². The highest BCUT2D eigenvalue weighted by Gasteiger charge is 2.20. The summed E-state index contributed by atoms with van der Waals surface area (Å²) in [6.45, 7) is 3.65. The van der Waals surface area contributed by atoms with E-state index in [1.165, 1.54) is 0 Å². The zero-order valence-electron chi connectivity index (χ0n) is 17.0. The Labute approximate surface area is 175 Å². The van der Waals surface area contributed by atoms with Gasteiger partial charge in [-0.15, -0.1) is 0 Å². The van der Waals surface area contributed by atoms with Gasteiger partial charge in [-0.25, -0.2) is 4.79 Å². The van der Waals surface area contributed by atoms with Crippen LogP contribution >= 0.6 is 0 Å². The molecule has 156 valence electrons. The normalized spacial score (nSPS) is 14.5. The summed E-state index contributed by atoms with van der Waals surface area (Å²) in [5.41, 5.74) is 2.71. The molecule has 1 aliphatic rings. The molecule has 4 rings (SSSR count). The molecule has 0 radical (unpaired) electrons. The van der Waals surface area contributed by atoms with Crippen LogP contribution in [0.4, 0.5) is 4.79 Å². The van der Waals surface area contributed by atoms with Gasteiger partial charge in [0.15, 0.2) is 12.4 Å². The fourth-order valence-corrected chi connectivity index (χ4v) is 3.19. The molecule has 1 amide bonds. The van der Waals surface area contributed by atoms with Crippen LogP contribution in [0, 0.1) is 0 Å². The van der Waals surface area contributed by atoms with Crippen LogP contribution in [-0.2, 0) is 18.0 Å². The van der Waals surface area contributed by atoms with E-state index in [1.54, 1.807) is 11.0 Å². The smallest absolute Gasteiger partial charge is 0.410 e. The number of rotatable bonds is 6. The van der Waals surface area contributed by atoms with Crippen molar-refractivity contribution in [1.82, 2.24) is 15.0 Å². The number of hydrogen-bond donors (Lipinski definition) is 0. The Morgan fingerprint density at radius 1 is 1.00 bits per heavy atom. The summed E-state index contributed by atoms with van der Waals surface area (Å²) < 4.78 is 16.5. The predicted molar refractivity (Wildman–Crippen MR) is 112 cm³/mol. The first-order valence-corrected chi connectivity index (χ1v) is 10.0. The highest BCUT2D eigenvalue weighted by atomic mass is 16.6. The molecular formula is C23H25N3O4. The fourth-order valence-electron chi connectivity index (χ4n) is 3.19. The lowest BCUT2D eigenvalue weighted by molar-refractivity contribution is 0.0706. The van der Waals surface area contributed by atoms with E-state index < -0.39 is 0 Å². The summed E-state index contributed by atoms with van der Waals surface area (Å²) in [7, 11) is 2.04. The SMILES string of the molecule is CN1CCN(C(=O)OCc2cc(-c3ccc(OCc4ccccc4)cc3)no2)CC1. The van der Waals surface area contributed by atoms with Gasteiger partial charge in [-0.2, -0.15) is 0 Å². The lowest BCUT2D eigenvalue weighted by atomic mass is 10.1. The molecule has 0 atom stereocenters. The van der Waals surface area contributed by atoms with Crippen molar-refractivity contribution in [2.45, 2.75) is 13.2 Å². The number of piperazine rings is 1. The van der Waals surface area contributed by atoms with Gasteiger partial charge in [0.05, 0.1) is 0 Å². The maximum atomic E-state index is 12.2. The van der Waals surface area contributed by atoms with Gasteiger partial charge in [0.25, 0.3) is 0 Å². The highest BCUT2D eigenvalue weighted by molar-refractivity contribution is 5.67. The summed E-state index contributed by atoms with van der Waals surface area (Å²) in [6.07, 6.45) is -0.319. The Balaban J connectivity index is 1.28. The maximum Gasteiger partial charge on any atom is 0.410 e. The molecule has 0 unspecified atom stereocenters. The molecule has 7 heteroatoms. The van der Waals surface area contributed by atoms with E-state index in [0.717, 1.165) is 30.0 Å². The maximum absolute atomic E-state index is 12.2. The topological polar surface area (TPSA) is 68.0 Å². The van der Waals surface area contributed by atoms with Gasteiger partial charge in [0, 0.05) is 37.8 Å². The molecule has 30 heavy (non-hydrogen) atoms. The highest BCUT2D eigenvalue weighted by Crippen LogP contribution is 2.23. The molecule has 0 spiro atoms. The van der Waals surface area contributed by atoms with Crippen molar-refractivity contribution in [3.63, 3.8) is 0 Å². The molecule has 2 heterocycles. The lowest BCUT2D eigenvalue weighted by Crippen LogP contribution is -2.47. The van der Waals surface area contributed by atoms with Gasteiger partial charge in [-0.05, 0) is 36.9 Å². The third-order valence-corrected chi connectivity index (χ3v) is 5.06. The number of carbonyl (C=O) groups is 1. The molecule has 3 aromatic rings. The summed E-state index contributed by atoms with van der Waals surface area (Å²) >= 11 is 0. The largest absolute Gasteiger partial charge is 0.489 e. The van der Waals surface area contributed by atoms with Crippen molar-refractivity contribution in [2.75, 3.05) is 33.2 Å². The fraction of sp³-hybridized carbons (Fsp3) is 0.304. The molecule has 0 bridgehead atoms. The number of benzene rings is 2. The Hall–Kier alpha value is -3.32. The van der Waals surface area contributed by atoms with Crippen molar-refractivity contribution in [2.24, 2.45) is 0 Å². The minimum absolute atomic E-state index is 0.0659. The summed E-state index contributed by atoms with van der Waals surface area (Å²) in [6, 6.07) is 19.5. The summed E-state index contributed by atoms with van der Waals surface area (Å²) in [4.78, 5) is 16.1. The average molecular weight is 407 g/mol. The van der Waals surface area contributed by atoms with Crippen LogP contribution in [0.3, 0.4) is 0 Å². The molecule has 1 saturated heterocycles. The molecule has 2 aromatic carbocycles. The monoisotopic (exact) mass is 407 g/mol. The number of amides is 1. The van der Waals surface area contributed by atoms with Gasteiger partial charge < -0.3 is 23.8 Å². The van der Waals surface area contributed by atoms with Crippen LogP contribution in [0.1, 0.15) is 11.3 Å². The zero-order valence-corrected chi connectivity index (χ0v) is 17.0. The molecule has 1 aromatic heterocycles. The quantitative estimate of drug-likeness (QED) is 0.619. The third-order valence-electron chi connectivity index (χ3n) is 5.06. The molecule has 0 aliphatic carbocycles. The first-order valence-electron chi connectivity index (χ1n) is 10.0. The third kappa shape index (κ3) is 5.18. The standard InChI is InChI=1S/C23H25N3O4/c1-25-11-13-26(14-12-25)23(27)29-17-21-15-22(24-30-21)19-7-9-20(10-8-19)28-16-18-5-3-2-4-6-18/h2-10,15H,11-14,16-17H2,1H3. The number of hydrogen-bond acceptors (Lipinski definition) is 6. The second-order valence-corrected chi connectivity index (χ2v) is 7.32. The van der Waals surface area contributed by atoms with Crippen LogP contribution in [0.25, 0.3) is 11.3 Å². The first kappa shape index (κ1) is 20.0. The number of aromatic nitrogens is 1.